The molecule has 2 aromatic heterocycles. The van der Waals surface area contributed by atoms with Crippen LogP contribution in [0.15, 0.2) is 30.5 Å². The molecule has 7 heteroatoms. The van der Waals surface area contributed by atoms with Gasteiger partial charge < -0.3 is 4.74 Å². The lowest BCUT2D eigenvalue weighted by molar-refractivity contribution is -0.119. The molecule has 0 radical (unpaired) electrons. The molecule has 0 aliphatic carbocycles. The molecule has 0 unspecified atom stereocenters. The van der Waals surface area contributed by atoms with Crippen molar-refractivity contribution in [1.82, 2.24) is 14.6 Å². The van der Waals surface area contributed by atoms with Crippen LogP contribution in [0.3, 0.4) is 0 Å². The lowest BCUT2D eigenvalue weighted by Gasteiger charge is -2.23. The number of ether oxygens (including phenoxy) is 1. The number of hydrogen-bond acceptors (Lipinski definition) is 5. The molecule has 1 amide bonds. The number of methoxy groups -OCH3 is 1. The summed E-state index contributed by atoms with van der Waals surface area (Å²) in [4.78, 5) is 19.2. The smallest absolute Gasteiger partial charge is 0.228 e. The summed E-state index contributed by atoms with van der Waals surface area (Å²) in [5.41, 5.74) is 1.88. The fourth-order valence-corrected chi connectivity index (χ4v) is 3.63. The van der Waals surface area contributed by atoms with Crippen molar-refractivity contribution in [2.24, 2.45) is 0 Å². The van der Waals surface area contributed by atoms with Crippen molar-refractivity contribution < 1.29 is 9.53 Å². The average Bonchev–Trinajstić information content (AvgIpc) is 3.14. The zero-order valence-electron chi connectivity index (χ0n) is 12.7. The van der Waals surface area contributed by atoms with E-state index in [0.29, 0.717) is 6.42 Å². The van der Waals surface area contributed by atoms with Gasteiger partial charge in [-0.15, -0.1) is 5.10 Å². The highest BCUT2D eigenvalue weighted by atomic mass is 32.1. The fraction of sp³-hybridized carbons (Fsp3) is 0.312. The lowest BCUT2D eigenvalue weighted by atomic mass is 10.1. The van der Waals surface area contributed by atoms with E-state index in [2.05, 4.69) is 10.1 Å². The molecule has 4 rings (SSSR count). The zero-order chi connectivity index (χ0) is 15.8. The third kappa shape index (κ3) is 2.57. The summed E-state index contributed by atoms with van der Waals surface area (Å²) in [5.74, 6) is 0.974. The first-order chi connectivity index (χ1) is 11.2. The third-order valence-electron chi connectivity index (χ3n) is 3.97. The minimum absolute atomic E-state index is 0.156. The first-order valence-electron chi connectivity index (χ1n) is 7.55. The maximum atomic E-state index is 12.0. The molecule has 1 aliphatic rings. The second kappa shape index (κ2) is 5.66. The van der Waals surface area contributed by atoms with Gasteiger partial charge in [0.25, 0.3) is 0 Å². The van der Waals surface area contributed by atoms with Gasteiger partial charge in [0.2, 0.25) is 16.0 Å². The van der Waals surface area contributed by atoms with Gasteiger partial charge in [0, 0.05) is 18.5 Å². The highest BCUT2D eigenvalue weighted by Gasteiger charge is 2.23. The highest BCUT2D eigenvalue weighted by molar-refractivity contribution is 7.20. The van der Waals surface area contributed by atoms with Gasteiger partial charge in [-0.1, -0.05) is 11.3 Å². The monoisotopic (exact) mass is 328 g/mol. The van der Waals surface area contributed by atoms with E-state index in [1.807, 2.05) is 30.5 Å². The van der Waals surface area contributed by atoms with Crippen molar-refractivity contribution in [2.45, 2.75) is 19.3 Å². The number of nitrogens with zero attached hydrogens (tertiary/aromatic N) is 4. The van der Waals surface area contributed by atoms with Gasteiger partial charge in [-0.2, -0.15) is 0 Å². The minimum atomic E-state index is 0.156. The van der Waals surface area contributed by atoms with Crippen LogP contribution < -0.4 is 9.64 Å². The predicted octanol–water partition coefficient (Wildman–Crippen LogP) is 2.98. The summed E-state index contributed by atoms with van der Waals surface area (Å²) in [6.07, 6.45) is 4.51. The van der Waals surface area contributed by atoms with Crippen LogP contribution in [0, 0.1) is 0 Å². The second-order valence-electron chi connectivity index (χ2n) is 5.47. The Labute approximate surface area is 137 Å². The van der Waals surface area contributed by atoms with Crippen LogP contribution in [-0.4, -0.2) is 34.2 Å². The number of fused-ring (bicyclic) bond motifs is 1. The van der Waals surface area contributed by atoms with E-state index in [0.717, 1.165) is 46.5 Å². The normalized spacial score (nSPS) is 15.3. The number of carbonyl (C=O) groups excluding carboxylic acids is 1. The quantitative estimate of drug-likeness (QED) is 0.741. The summed E-state index contributed by atoms with van der Waals surface area (Å²) < 4.78 is 6.92. The Balaban J connectivity index is 1.64. The Morgan fingerprint density at radius 1 is 1.22 bits per heavy atom. The topological polar surface area (TPSA) is 59.7 Å². The second-order valence-corrected chi connectivity index (χ2v) is 6.40. The number of rotatable bonds is 3. The van der Waals surface area contributed by atoms with E-state index in [1.165, 1.54) is 11.3 Å². The van der Waals surface area contributed by atoms with Gasteiger partial charge in [-0.25, -0.2) is 9.50 Å². The molecule has 3 aromatic rings. The van der Waals surface area contributed by atoms with Crippen molar-refractivity contribution >= 4 is 27.3 Å². The zero-order valence-corrected chi connectivity index (χ0v) is 13.5. The Kier molecular flexibility index (Phi) is 3.49. The van der Waals surface area contributed by atoms with Crippen molar-refractivity contribution in [3.8, 4) is 17.0 Å². The van der Waals surface area contributed by atoms with Crippen molar-refractivity contribution in [3.05, 3.63) is 30.5 Å². The molecule has 1 aromatic carbocycles. The van der Waals surface area contributed by atoms with E-state index in [4.69, 9.17) is 4.74 Å². The molecule has 23 heavy (non-hydrogen) atoms. The number of anilines is 1. The number of carbonyl (C=O) groups is 1. The fourth-order valence-electron chi connectivity index (χ4n) is 2.71. The Morgan fingerprint density at radius 2 is 2.04 bits per heavy atom. The Morgan fingerprint density at radius 3 is 2.74 bits per heavy atom. The van der Waals surface area contributed by atoms with Gasteiger partial charge in [0.1, 0.15) is 5.75 Å². The third-order valence-corrected chi connectivity index (χ3v) is 4.92. The number of aromatic nitrogens is 3. The van der Waals surface area contributed by atoms with Crippen molar-refractivity contribution in [2.75, 3.05) is 18.6 Å². The van der Waals surface area contributed by atoms with E-state index >= 15 is 0 Å². The molecule has 0 spiro atoms. The maximum Gasteiger partial charge on any atom is 0.228 e. The van der Waals surface area contributed by atoms with Gasteiger partial charge in [0.05, 0.1) is 19.0 Å². The Hall–Kier alpha value is -2.41. The van der Waals surface area contributed by atoms with Gasteiger partial charge >= 0.3 is 0 Å². The van der Waals surface area contributed by atoms with Crippen molar-refractivity contribution in [3.63, 3.8) is 0 Å². The maximum absolute atomic E-state index is 12.0. The molecule has 1 aliphatic heterocycles. The van der Waals surface area contributed by atoms with Crippen LogP contribution in [0.2, 0.25) is 0 Å². The molecule has 1 fully saturated rings. The minimum Gasteiger partial charge on any atom is -0.497 e. The molecule has 0 N–H and O–H groups in total. The first-order valence-corrected chi connectivity index (χ1v) is 8.37. The summed E-state index contributed by atoms with van der Waals surface area (Å²) >= 11 is 1.45. The molecule has 118 valence electrons. The summed E-state index contributed by atoms with van der Waals surface area (Å²) in [6, 6.07) is 7.77. The van der Waals surface area contributed by atoms with Crippen LogP contribution in [-0.2, 0) is 4.79 Å². The number of hydrogen-bond donors (Lipinski definition) is 0. The lowest BCUT2D eigenvalue weighted by Crippen LogP contribution is -2.35. The van der Waals surface area contributed by atoms with Crippen LogP contribution in [0.4, 0.5) is 5.13 Å². The van der Waals surface area contributed by atoms with E-state index < -0.39 is 0 Å². The van der Waals surface area contributed by atoms with E-state index in [1.54, 1.807) is 16.5 Å². The summed E-state index contributed by atoms with van der Waals surface area (Å²) in [5, 5.41) is 5.25. The number of imidazole rings is 1. The molecule has 0 saturated carbocycles. The molecule has 3 heterocycles. The molecule has 1 saturated heterocycles. The molecule has 0 atom stereocenters. The number of benzene rings is 1. The van der Waals surface area contributed by atoms with Gasteiger partial charge in [0.15, 0.2) is 0 Å². The SMILES string of the molecule is COc1ccc(-c2cn3nc(N4CCCCC4=O)sc3n2)cc1. The predicted molar refractivity (Wildman–Crippen MR) is 89.1 cm³/mol. The molecule has 6 nitrogen and oxygen atoms in total. The molecule has 0 bridgehead atoms. The standard InChI is InChI=1S/C16H16N4O2S/c1-22-12-7-5-11(6-8-12)13-10-20-15(17-13)23-16(18-20)19-9-3-2-4-14(19)21/h5-8,10H,2-4,9H2,1H3. The molecular weight excluding hydrogens is 312 g/mol. The summed E-state index contributed by atoms with van der Waals surface area (Å²) in [7, 11) is 1.65. The number of amides is 1. The first kappa shape index (κ1) is 14.2. The van der Waals surface area contributed by atoms with Crippen LogP contribution in [0.5, 0.6) is 5.75 Å². The highest BCUT2D eigenvalue weighted by Crippen LogP contribution is 2.29. The van der Waals surface area contributed by atoms with E-state index in [-0.39, 0.29) is 5.91 Å². The van der Waals surface area contributed by atoms with Gasteiger partial charge in [-0.05, 0) is 37.1 Å². The number of piperidine rings is 1. The average molecular weight is 328 g/mol. The molecular formula is C16H16N4O2S. The van der Waals surface area contributed by atoms with Crippen LogP contribution in [0.25, 0.3) is 16.2 Å². The van der Waals surface area contributed by atoms with Crippen molar-refractivity contribution in [1.29, 1.82) is 0 Å². The van der Waals surface area contributed by atoms with E-state index in [9.17, 15) is 4.79 Å². The van der Waals surface area contributed by atoms with Gasteiger partial charge in [-0.3, -0.25) is 9.69 Å². The Bertz CT molecular complexity index is 821. The largest absolute Gasteiger partial charge is 0.497 e. The van der Waals surface area contributed by atoms with Crippen LogP contribution in [0.1, 0.15) is 19.3 Å². The van der Waals surface area contributed by atoms with Crippen LogP contribution >= 0.6 is 11.3 Å². The summed E-state index contributed by atoms with van der Waals surface area (Å²) in [6.45, 7) is 0.751.